The van der Waals surface area contributed by atoms with E-state index in [-0.39, 0.29) is 28.2 Å². The molecule has 1 aliphatic heterocycles. The predicted molar refractivity (Wildman–Crippen MR) is 181 cm³/mol. The van der Waals surface area contributed by atoms with E-state index in [2.05, 4.69) is 16.3 Å². The third-order valence-electron chi connectivity index (χ3n) is 9.03. The maximum atomic E-state index is 13.1. The van der Waals surface area contributed by atoms with Crippen molar-refractivity contribution in [2.75, 3.05) is 38.6 Å². The van der Waals surface area contributed by atoms with Crippen molar-refractivity contribution in [2.45, 2.75) is 25.8 Å². The van der Waals surface area contributed by atoms with E-state index < -0.39 is 17.2 Å². The lowest BCUT2D eigenvalue weighted by Gasteiger charge is -2.38. The van der Waals surface area contributed by atoms with E-state index in [4.69, 9.17) is 32.9 Å². The number of methoxy groups -OCH3 is 1. The summed E-state index contributed by atoms with van der Waals surface area (Å²) in [5, 5.41) is 3.36. The topological polar surface area (TPSA) is 119 Å². The van der Waals surface area contributed by atoms with Gasteiger partial charge in [-0.1, -0.05) is 53.5 Å². The minimum Gasteiger partial charge on any atom is -0.481 e. The average Bonchev–Trinajstić information content (AvgIpc) is 3.50. The van der Waals surface area contributed by atoms with Gasteiger partial charge in [-0.2, -0.15) is 0 Å². The maximum absolute atomic E-state index is 13.1. The Kier molecular flexibility index (Phi) is 8.97. The summed E-state index contributed by atoms with van der Waals surface area (Å²) in [6.07, 6.45) is 3.00. The van der Waals surface area contributed by atoms with Gasteiger partial charge in [0.15, 0.2) is 0 Å². The van der Waals surface area contributed by atoms with Crippen molar-refractivity contribution in [3.05, 3.63) is 96.2 Å². The van der Waals surface area contributed by atoms with Crippen molar-refractivity contribution < 1.29 is 14.3 Å². The van der Waals surface area contributed by atoms with Crippen molar-refractivity contribution in [1.82, 2.24) is 23.9 Å². The Balaban J connectivity index is 1.31. The number of hydrogen-bond donors (Lipinski definition) is 1. The molecule has 0 radical (unpaired) electrons. The normalized spacial score (nSPS) is 16.2. The van der Waals surface area contributed by atoms with Crippen LogP contribution in [-0.2, 0) is 25.3 Å². The average molecular weight is 678 g/mol. The molecular formula is C34H34Cl2N6O5. The van der Waals surface area contributed by atoms with Gasteiger partial charge in [0.2, 0.25) is 11.8 Å². The lowest BCUT2D eigenvalue weighted by Crippen LogP contribution is -2.48. The highest BCUT2D eigenvalue weighted by atomic mass is 35.5. The van der Waals surface area contributed by atoms with Gasteiger partial charge in [-0.3, -0.25) is 23.9 Å². The number of carbonyl (C=O) groups is 2. The monoisotopic (exact) mass is 676 g/mol. The molecule has 13 heteroatoms. The molecule has 2 aromatic heterocycles. The summed E-state index contributed by atoms with van der Waals surface area (Å²) in [6.45, 7) is 4.61. The quantitative estimate of drug-likeness (QED) is 0.319. The van der Waals surface area contributed by atoms with Gasteiger partial charge in [0.25, 0.3) is 11.5 Å². The third-order valence-corrected chi connectivity index (χ3v) is 9.84. The number of aromatic nitrogens is 3. The zero-order valence-corrected chi connectivity index (χ0v) is 28.0. The molecule has 3 heterocycles. The maximum Gasteiger partial charge on any atom is 0.330 e. The van der Waals surface area contributed by atoms with Crippen LogP contribution in [0.4, 0.5) is 5.69 Å². The Bertz CT molecular complexity index is 2030. The van der Waals surface area contributed by atoms with Gasteiger partial charge >= 0.3 is 5.69 Å². The molecule has 11 nitrogen and oxygen atoms in total. The Hall–Kier alpha value is -4.45. The van der Waals surface area contributed by atoms with Crippen LogP contribution >= 0.6 is 23.2 Å². The van der Waals surface area contributed by atoms with Crippen LogP contribution in [0.5, 0.6) is 5.88 Å². The second-order valence-corrected chi connectivity index (χ2v) is 12.5. The fourth-order valence-electron chi connectivity index (χ4n) is 6.52. The number of amides is 2. The first kappa shape index (κ1) is 32.5. The molecule has 0 saturated carbocycles. The third kappa shape index (κ3) is 5.95. The molecule has 1 fully saturated rings. The van der Waals surface area contributed by atoms with Crippen LogP contribution in [0.2, 0.25) is 10.0 Å². The second-order valence-electron chi connectivity index (χ2n) is 11.8. The van der Waals surface area contributed by atoms with E-state index in [0.717, 1.165) is 41.6 Å². The van der Waals surface area contributed by atoms with Crippen molar-refractivity contribution in [1.29, 1.82) is 0 Å². The number of halogens is 2. The summed E-state index contributed by atoms with van der Waals surface area (Å²) in [7, 11) is 4.40. The van der Waals surface area contributed by atoms with Crippen LogP contribution in [0.25, 0.3) is 22.4 Å². The summed E-state index contributed by atoms with van der Waals surface area (Å²) in [6, 6.07) is 13.0. The largest absolute Gasteiger partial charge is 0.481 e. The van der Waals surface area contributed by atoms with Gasteiger partial charge in [-0.25, -0.2) is 9.78 Å². The molecule has 0 spiro atoms. The van der Waals surface area contributed by atoms with Crippen LogP contribution in [0.15, 0.2) is 58.3 Å². The van der Waals surface area contributed by atoms with Crippen LogP contribution in [-0.4, -0.2) is 69.0 Å². The number of piperazine rings is 1. The highest BCUT2D eigenvalue weighted by Gasteiger charge is 2.34. The standard InChI is InChI=1S/C34H34Cl2N6O5/c1-19(43)41-13-15-42(16-14-41)27-12-11-20-17-26(38-32(47-4)28(20)27)23-9-5-7-21(29(23)35)22-8-6-10-25(30(22)36)37-31(44)24-18-39(2)34(46)40(3)33(24)45/h5-10,17-18,27H,11-16H2,1-4H3,(H,37,44). The van der Waals surface area contributed by atoms with Crippen molar-refractivity contribution in [2.24, 2.45) is 14.1 Å². The molecule has 47 heavy (non-hydrogen) atoms. The fraction of sp³-hybridized carbons (Fsp3) is 0.324. The highest BCUT2D eigenvalue weighted by Crippen LogP contribution is 2.45. The van der Waals surface area contributed by atoms with Gasteiger partial charge in [-0.15, -0.1) is 0 Å². The Labute approximate surface area is 281 Å². The number of nitrogens with one attached hydrogen (secondary N) is 1. The van der Waals surface area contributed by atoms with Gasteiger partial charge in [-0.05, 0) is 30.5 Å². The molecular weight excluding hydrogens is 643 g/mol. The Morgan fingerprint density at radius 1 is 0.957 bits per heavy atom. The molecule has 1 N–H and O–H groups in total. The van der Waals surface area contributed by atoms with Crippen molar-refractivity contribution in [3.8, 4) is 28.3 Å². The molecule has 244 valence electrons. The Morgan fingerprint density at radius 2 is 1.62 bits per heavy atom. The molecule has 1 atom stereocenters. The minimum absolute atomic E-state index is 0.102. The van der Waals surface area contributed by atoms with Gasteiger partial charge in [0.1, 0.15) is 5.56 Å². The lowest BCUT2D eigenvalue weighted by atomic mass is 9.99. The van der Waals surface area contributed by atoms with Crippen LogP contribution in [0.3, 0.4) is 0 Å². The lowest BCUT2D eigenvalue weighted by molar-refractivity contribution is -0.130. The number of benzene rings is 2. The number of carbonyl (C=O) groups excluding carboxylic acids is 2. The first-order valence-corrected chi connectivity index (χ1v) is 16.0. The molecule has 1 aliphatic carbocycles. The van der Waals surface area contributed by atoms with Gasteiger partial charge < -0.3 is 19.5 Å². The van der Waals surface area contributed by atoms with Gasteiger partial charge in [0.05, 0.1) is 28.5 Å². The van der Waals surface area contributed by atoms with E-state index in [1.54, 1.807) is 32.2 Å². The van der Waals surface area contributed by atoms with Crippen LogP contribution in [0, 0.1) is 0 Å². The molecule has 2 aliphatic rings. The van der Waals surface area contributed by atoms with Gasteiger partial charge in [0, 0.05) is 81.7 Å². The molecule has 1 unspecified atom stereocenters. The molecule has 4 aromatic rings. The zero-order valence-electron chi connectivity index (χ0n) is 26.5. The number of aryl methyl sites for hydroxylation is 2. The van der Waals surface area contributed by atoms with Crippen molar-refractivity contribution >= 4 is 40.7 Å². The van der Waals surface area contributed by atoms with Crippen molar-refractivity contribution in [3.63, 3.8) is 0 Å². The first-order valence-electron chi connectivity index (χ1n) is 15.2. The first-order chi connectivity index (χ1) is 22.5. The molecule has 6 rings (SSSR count). The number of fused-ring (bicyclic) bond motifs is 1. The molecule has 2 amide bonds. The summed E-state index contributed by atoms with van der Waals surface area (Å²) >= 11 is 13.9. The van der Waals surface area contributed by atoms with E-state index in [1.165, 1.54) is 24.9 Å². The number of nitrogens with zero attached hydrogens (tertiary/aromatic N) is 5. The van der Waals surface area contributed by atoms with E-state index in [1.807, 2.05) is 23.1 Å². The van der Waals surface area contributed by atoms with E-state index >= 15 is 0 Å². The molecule has 2 aromatic carbocycles. The van der Waals surface area contributed by atoms with Crippen LogP contribution in [0.1, 0.15) is 40.9 Å². The van der Waals surface area contributed by atoms with E-state index in [9.17, 15) is 19.2 Å². The summed E-state index contributed by atoms with van der Waals surface area (Å²) < 4.78 is 7.88. The number of pyridine rings is 1. The fourth-order valence-corrected chi connectivity index (χ4v) is 7.12. The SMILES string of the molecule is COc1nc(-c2cccc(-c3cccc(NC(=O)c4cn(C)c(=O)n(C)c4=O)c3Cl)c2Cl)cc2c1C(N1CCN(C(C)=O)CC1)CC2. The summed E-state index contributed by atoms with van der Waals surface area (Å²) in [5.41, 5.74) is 3.62. The number of ether oxygens (including phenoxy) is 1. The minimum atomic E-state index is -0.715. The number of rotatable bonds is 6. The zero-order chi connectivity index (χ0) is 33.6. The molecule has 0 bridgehead atoms. The van der Waals surface area contributed by atoms with Crippen LogP contribution < -0.4 is 21.3 Å². The predicted octanol–water partition coefficient (Wildman–Crippen LogP) is 4.53. The molecule has 1 saturated heterocycles. The highest BCUT2D eigenvalue weighted by molar-refractivity contribution is 6.39. The summed E-state index contributed by atoms with van der Waals surface area (Å²) in [4.78, 5) is 58.8. The second kappa shape index (κ2) is 13.0. The Morgan fingerprint density at radius 3 is 2.30 bits per heavy atom. The number of hydrogen-bond acceptors (Lipinski definition) is 7. The number of anilines is 1. The summed E-state index contributed by atoms with van der Waals surface area (Å²) in [5.74, 6) is -0.0399. The smallest absolute Gasteiger partial charge is 0.330 e. The van der Waals surface area contributed by atoms with E-state index in [0.29, 0.717) is 46.4 Å².